The predicted molar refractivity (Wildman–Crippen MR) is 152 cm³/mol. The molecule has 40 heavy (non-hydrogen) atoms. The molecule has 7 heteroatoms. The van der Waals surface area contributed by atoms with Crippen LogP contribution >= 0.6 is 0 Å². The zero-order valence-electron chi connectivity index (χ0n) is 21.7. The summed E-state index contributed by atoms with van der Waals surface area (Å²) < 4.78 is 11.6. The number of amides is 1. The van der Waals surface area contributed by atoms with Gasteiger partial charge in [0.1, 0.15) is 25.0 Å². The number of rotatable bonds is 9. The Bertz CT molecular complexity index is 1630. The maximum absolute atomic E-state index is 12.8. The third-order valence-corrected chi connectivity index (χ3v) is 7.36. The van der Waals surface area contributed by atoms with Crippen molar-refractivity contribution in [1.29, 1.82) is 0 Å². The van der Waals surface area contributed by atoms with Gasteiger partial charge in [-0.15, -0.1) is 0 Å². The van der Waals surface area contributed by atoms with E-state index < -0.39 is 18.1 Å². The molecule has 0 fully saturated rings. The zero-order valence-corrected chi connectivity index (χ0v) is 21.7. The summed E-state index contributed by atoms with van der Waals surface area (Å²) in [6.45, 7) is 0.525. The predicted octanol–water partition coefficient (Wildman–Crippen LogP) is 6.28. The lowest BCUT2D eigenvalue weighted by Crippen LogP contribution is -2.42. The summed E-state index contributed by atoms with van der Waals surface area (Å²) in [7, 11) is 0. The van der Waals surface area contributed by atoms with Gasteiger partial charge >= 0.3 is 12.1 Å². The average Bonchev–Trinajstić information content (AvgIpc) is 3.54. The van der Waals surface area contributed by atoms with Crippen LogP contribution in [0.4, 0.5) is 4.79 Å². The molecular formula is C33H28N2O5. The normalized spacial score (nSPS) is 12.9. The Kier molecular flexibility index (Phi) is 6.93. The molecule has 5 aromatic rings. The van der Waals surface area contributed by atoms with Gasteiger partial charge in [-0.25, -0.2) is 9.59 Å². The van der Waals surface area contributed by atoms with E-state index in [2.05, 4.69) is 22.4 Å². The summed E-state index contributed by atoms with van der Waals surface area (Å²) in [5, 5.41) is 13.3. The molecule has 6 rings (SSSR count). The Morgan fingerprint density at radius 1 is 0.850 bits per heavy atom. The molecule has 1 heterocycles. The molecule has 7 nitrogen and oxygen atoms in total. The zero-order chi connectivity index (χ0) is 27.5. The van der Waals surface area contributed by atoms with Crippen LogP contribution in [0.1, 0.15) is 28.2 Å². The Morgan fingerprint density at radius 3 is 2.23 bits per heavy atom. The lowest BCUT2D eigenvalue weighted by Gasteiger charge is -2.17. The lowest BCUT2D eigenvalue weighted by molar-refractivity contribution is -0.139. The van der Waals surface area contributed by atoms with E-state index >= 15 is 0 Å². The molecule has 1 aliphatic rings. The van der Waals surface area contributed by atoms with Crippen LogP contribution in [-0.4, -0.2) is 34.8 Å². The molecule has 1 amide bonds. The van der Waals surface area contributed by atoms with Crippen molar-refractivity contribution in [2.45, 2.75) is 25.0 Å². The van der Waals surface area contributed by atoms with Crippen molar-refractivity contribution in [3.05, 3.63) is 126 Å². The lowest BCUT2D eigenvalue weighted by atomic mass is 9.98. The first kappa shape index (κ1) is 25.2. The number of para-hydroxylation sites is 1. The summed E-state index contributed by atoms with van der Waals surface area (Å²) in [6.07, 6.45) is 1.08. The number of aromatic amines is 1. The highest BCUT2D eigenvalue weighted by atomic mass is 16.5. The van der Waals surface area contributed by atoms with Gasteiger partial charge in [-0.05, 0) is 39.4 Å². The molecule has 1 aliphatic carbocycles. The first-order valence-corrected chi connectivity index (χ1v) is 13.2. The fraction of sp³-hybridized carbons (Fsp3) is 0.152. The first-order valence-electron chi connectivity index (χ1n) is 13.2. The van der Waals surface area contributed by atoms with Crippen molar-refractivity contribution in [3.8, 4) is 16.9 Å². The number of H-pyrrole nitrogens is 1. The third kappa shape index (κ3) is 5.01. The van der Waals surface area contributed by atoms with E-state index in [0.717, 1.165) is 44.3 Å². The number of fused-ring (bicyclic) bond motifs is 4. The van der Waals surface area contributed by atoms with E-state index in [0.29, 0.717) is 12.4 Å². The van der Waals surface area contributed by atoms with E-state index in [1.165, 1.54) is 0 Å². The number of carbonyl (C=O) groups excluding carboxylic acids is 1. The maximum Gasteiger partial charge on any atom is 0.407 e. The summed E-state index contributed by atoms with van der Waals surface area (Å²) in [5.41, 5.74) is 7.02. The van der Waals surface area contributed by atoms with Crippen molar-refractivity contribution < 1.29 is 24.2 Å². The number of ether oxygens (including phenoxy) is 2. The molecule has 0 radical (unpaired) electrons. The molecule has 1 aromatic heterocycles. The van der Waals surface area contributed by atoms with Gasteiger partial charge in [0.05, 0.1) is 5.52 Å². The SMILES string of the molecule is O=C(N[C@@H](Cc1c[nH]c2c(OCc3ccccc3)cccc12)C(=O)O)OCC1c2ccccc2-c2ccccc21. The van der Waals surface area contributed by atoms with Gasteiger partial charge in [-0.1, -0.05) is 91.0 Å². The number of hydrogen-bond donors (Lipinski definition) is 3. The molecule has 200 valence electrons. The van der Waals surface area contributed by atoms with Crippen LogP contribution in [0.3, 0.4) is 0 Å². The van der Waals surface area contributed by atoms with Gasteiger partial charge in [-0.2, -0.15) is 0 Å². The summed E-state index contributed by atoms with van der Waals surface area (Å²) >= 11 is 0. The van der Waals surface area contributed by atoms with Crippen molar-refractivity contribution in [1.82, 2.24) is 10.3 Å². The average molecular weight is 533 g/mol. The highest BCUT2D eigenvalue weighted by Gasteiger charge is 2.30. The Labute approximate surface area is 231 Å². The second-order valence-electron chi connectivity index (χ2n) is 9.83. The standard InChI is InChI=1S/C33H28N2O5/c36-32(37)29(17-22-18-34-31-23(22)15-8-16-30(31)39-19-21-9-2-1-3-10-21)35-33(38)40-20-28-26-13-6-4-11-24(26)25-12-5-7-14-27(25)28/h1-16,18,28-29,34H,17,19-20H2,(H,35,38)(H,36,37)/t29-/m0/s1. The number of nitrogens with one attached hydrogen (secondary N) is 2. The van der Waals surface area contributed by atoms with E-state index in [4.69, 9.17) is 9.47 Å². The fourth-order valence-electron chi connectivity index (χ4n) is 5.41. The number of carbonyl (C=O) groups is 2. The molecule has 3 N–H and O–H groups in total. The highest BCUT2D eigenvalue weighted by molar-refractivity contribution is 5.89. The van der Waals surface area contributed by atoms with Crippen LogP contribution in [0, 0.1) is 0 Å². The minimum absolute atomic E-state index is 0.0850. The van der Waals surface area contributed by atoms with Gasteiger partial charge in [-0.3, -0.25) is 0 Å². The number of hydrogen-bond acceptors (Lipinski definition) is 4. The number of carboxylic acid groups (broad SMARTS) is 1. The minimum Gasteiger partial charge on any atom is -0.487 e. The third-order valence-electron chi connectivity index (χ3n) is 7.36. The number of aromatic nitrogens is 1. The fourth-order valence-corrected chi connectivity index (χ4v) is 5.41. The molecule has 1 atom stereocenters. The Hall–Kier alpha value is -5.04. The van der Waals surface area contributed by atoms with Crippen LogP contribution in [-0.2, 0) is 22.6 Å². The van der Waals surface area contributed by atoms with Gasteiger partial charge < -0.3 is 24.9 Å². The molecule has 0 saturated carbocycles. The molecule has 4 aromatic carbocycles. The van der Waals surface area contributed by atoms with E-state index in [1.807, 2.05) is 84.9 Å². The Balaban J connectivity index is 1.13. The van der Waals surface area contributed by atoms with Crippen molar-refractivity contribution in [2.24, 2.45) is 0 Å². The van der Waals surface area contributed by atoms with Gasteiger partial charge in [0, 0.05) is 23.9 Å². The summed E-state index contributed by atoms with van der Waals surface area (Å²) in [5.74, 6) is -0.576. The van der Waals surface area contributed by atoms with Gasteiger partial charge in [0.15, 0.2) is 0 Å². The van der Waals surface area contributed by atoms with Crippen LogP contribution in [0.2, 0.25) is 0 Å². The highest BCUT2D eigenvalue weighted by Crippen LogP contribution is 2.44. The maximum atomic E-state index is 12.8. The van der Waals surface area contributed by atoms with Gasteiger partial charge in [0.25, 0.3) is 0 Å². The van der Waals surface area contributed by atoms with E-state index in [-0.39, 0.29) is 18.9 Å². The first-order chi connectivity index (χ1) is 19.6. The van der Waals surface area contributed by atoms with Crippen LogP contribution in [0.15, 0.2) is 103 Å². The van der Waals surface area contributed by atoms with Crippen LogP contribution in [0.5, 0.6) is 5.75 Å². The second-order valence-corrected chi connectivity index (χ2v) is 9.83. The summed E-state index contributed by atoms with van der Waals surface area (Å²) in [6, 6.07) is 30.5. The van der Waals surface area contributed by atoms with Crippen LogP contribution in [0.25, 0.3) is 22.0 Å². The number of carboxylic acids is 1. The Morgan fingerprint density at radius 2 is 1.52 bits per heavy atom. The smallest absolute Gasteiger partial charge is 0.407 e. The van der Waals surface area contributed by atoms with Crippen molar-refractivity contribution in [3.63, 3.8) is 0 Å². The van der Waals surface area contributed by atoms with E-state index in [9.17, 15) is 14.7 Å². The topological polar surface area (TPSA) is 101 Å². The van der Waals surface area contributed by atoms with Crippen LogP contribution < -0.4 is 10.1 Å². The quantitative estimate of drug-likeness (QED) is 0.207. The molecule has 0 spiro atoms. The summed E-state index contributed by atoms with van der Waals surface area (Å²) in [4.78, 5) is 28.1. The number of alkyl carbamates (subject to hydrolysis) is 1. The van der Waals surface area contributed by atoms with Crippen molar-refractivity contribution >= 4 is 23.0 Å². The van der Waals surface area contributed by atoms with Gasteiger partial charge in [0.2, 0.25) is 0 Å². The minimum atomic E-state index is -1.16. The molecule has 0 aliphatic heterocycles. The number of benzene rings is 4. The van der Waals surface area contributed by atoms with E-state index in [1.54, 1.807) is 6.20 Å². The molecule has 0 unspecified atom stereocenters. The monoisotopic (exact) mass is 532 g/mol. The van der Waals surface area contributed by atoms with Crippen molar-refractivity contribution in [2.75, 3.05) is 6.61 Å². The molecular weight excluding hydrogens is 504 g/mol. The molecule has 0 bridgehead atoms. The second kappa shape index (κ2) is 11.0. The molecule has 0 saturated heterocycles. The number of aliphatic carboxylic acids is 1. The largest absolute Gasteiger partial charge is 0.487 e.